The van der Waals surface area contributed by atoms with E-state index in [4.69, 9.17) is 5.73 Å². The number of nitrogens with two attached hydrogens (primary N) is 1. The highest BCUT2D eigenvalue weighted by molar-refractivity contribution is 7.88. The summed E-state index contributed by atoms with van der Waals surface area (Å²) in [5.41, 5.74) is 7.18. The summed E-state index contributed by atoms with van der Waals surface area (Å²) in [7, 11) is -1.74. The Labute approximate surface area is 125 Å². The minimum absolute atomic E-state index is 0.0566. The molecule has 1 aromatic carbocycles. The van der Waals surface area contributed by atoms with E-state index >= 15 is 0 Å². The zero-order chi connectivity index (χ0) is 15.5. The molecular formula is C14H21N3O3S. The molecule has 3 N–H and O–H groups in total. The van der Waals surface area contributed by atoms with Gasteiger partial charge in [-0.3, -0.25) is 4.79 Å². The predicted molar refractivity (Wildman–Crippen MR) is 80.8 cm³/mol. The maximum absolute atomic E-state index is 12.2. The van der Waals surface area contributed by atoms with E-state index in [1.54, 1.807) is 30.1 Å². The van der Waals surface area contributed by atoms with E-state index in [0.29, 0.717) is 31.5 Å². The van der Waals surface area contributed by atoms with E-state index in [1.807, 2.05) is 6.07 Å². The van der Waals surface area contributed by atoms with Crippen molar-refractivity contribution in [2.24, 2.45) is 5.73 Å². The van der Waals surface area contributed by atoms with Crippen LogP contribution >= 0.6 is 0 Å². The number of carbonyl (C=O) groups is 1. The molecule has 1 aliphatic heterocycles. The van der Waals surface area contributed by atoms with Crippen LogP contribution in [0, 0.1) is 0 Å². The molecule has 1 amide bonds. The highest BCUT2D eigenvalue weighted by Crippen LogP contribution is 2.13. The molecule has 1 aromatic rings. The smallest absolute Gasteiger partial charge is 0.222 e. The molecule has 1 heterocycles. The van der Waals surface area contributed by atoms with Crippen LogP contribution < -0.4 is 10.5 Å². The molecule has 0 spiro atoms. The van der Waals surface area contributed by atoms with Crippen molar-refractivity contribution >= 4 is 15.9 Å². The van der Waals surface area contributed by atoms with Crippen molar-refractivity contribution in [3.05, 3.63) is 35.4 Å². The van der Waals surface area contributed by atoms with Gasteiger partial charge in [0, 0.05) is 32.6 Å². The van der Waals surface area contributed by atoms with Crippen LogP contribution in [0.5, 0.6) is 0 Å². The zero-order valence-corrected chi connectivity index (χ0v) is 12.9. The SMILES string of the molecule is CN1CC(NS(=O)(=O)Cc2cccc(CN)c2)CCC1=O. The number of nitrogens with one attached hydrogen (secondary N) is 1. The second-order valence-electron chi connectivity index (χ2n) is 5.41. The Morgan fingerprint density at radius 3 is 2.76 bits per heavy atom. The van der Waals surface area contributed by atoms with Gasteiger partial charge in [0.25, 0.3) is 0 Å². The number of nitrogens with zero attached hydrogens (tertiary/aromatic N) is 1. The van der Waals surface area contributed by atoms with Crippen molar-refractivity contribution in [3.8, 4) is 0 Å². The maximum atomic E-state index is 12.2. The van der Waals surface area contributed by atoms with Gasteiger partial charge in [0.1, 0.15) is 0 Å². The molecule has 0 bridgehead atoms. The lowest BCUT2D eigenvalue weighted by Crippen LogP contribution is -2.48. The average Bonchev–Trinajstić information content (AvgIpc) is 2.42. The number of likely N-dealkylation sites (tertiary alicyclic amines) is 1. The summed E-state index contributed by atoms with van der Waals surface area (Å²) in [6.07, 6.45) is 0.928. The number of hydrogen-bond acceptors (Lipinski definition) is 4. The summed E-state index contributed by atoms with van der Waals surface area (Å²) in [5, 5.41) is 0. The summed E-state index contributed by atoms with van der Waals surface area (Å²) in [4.78, 5) is 13.0. The van der Waals surface area contributed by atoms with Crippen LogP contribution in [0.4, 0.5) is 0 Å². The monoisotopic (exact) mass is 311 g/mol. The van der Waals surface area contributed by atoms with Crippen LogP contribution in [0.25, 0.3) is 0 Å². The third-order valence-electron chi connectivity index (χ3n) is 3.56. The molecule has 1 unspecified atom stereocenters. The van der Waals surface area contributed by atoms with E-state index in [0.717, 1.165) is 5.56 Å². The lowest BCUT2D eigenvalue weighted by Gasteiger charge is -2.29. The number of carbonyl (C=O) groups excluding carboxylic acids is 1. The van der Waals surface area contributed by atoms with Crippen LogP contribution in [0.3, 0.4) is 0 Å². The Morgan fingerprint density at radius 1 is 1.38 bits per heavy atom. The lowest BCUT2D eigenvalue weighted by atomic mass is 10.1. The zero-order valence-electron chi connectivity index (χ0n) is 12.1. The number of piperidine rings is 1. The summed E-state index contributed by atoms with van der Waals surface area (Å²) in [5.74, 6) is -0.0178. The fourth-order valence-electron chi connectivity index (χ4n) is 2.47. The Bertz CT molecular complexity index is 616. The quantitative estimate of drug-likeness (QED) is 0.811. The summed E-state index contributed by atoms with van der Waals surface area (Å²) in [6, 6.07) is 7.03. The van der Waals surface area contributed by atoms with Gasteiger partial charge in [0.2, 0.25) is 15.9 Å². The summed E-state index contributed by atoms with van der Waals surface area (Å²) >= 11 is 0. The molecule has 1 aliphatic rings. The van der Waals surface area contributed by atoms with Gasteiger partial charge < -0.3 is 10.6 Å². The molecule has 0 aromatic heterocycles. The predicted octanol–water partition coefficient (Wildman–Crippen LogP) is 0.186. The van der Waals surface area contributed by atoms with Crippen LogP contribution in [-0.4, -0.2) is 38.9 Å². The van der Waals surface area contributed by atoms with Gasteiger partial charge in [-0.25, -0.2) is 13.1 Å². The minimum Gasteiger partial charge on any atom is -0.344 e. The third kappa shape index (κ3) is 4.52. The molecule has 0 saturated carbocycles. The van der Waals surface area contributed by atoms with Crippen LogP contribution in [0.15, 0.2) is 24.3 Å². The topological polar surface area (TPSA) is 92.5 Å². The minimum atomic E-state index is -3.43. The first-order valence-electron chi connectivity index (χ1n) is 6.91. The van der Waals surface area contributed by atoms with E-state index in [2.05, 4.69) is 4.72 Å². The van der Waals surface area contributed by atoms with E-state index in [-0.39, 0.29) is 17.7 Å². The Hall–Kier alpha value is -1.44. The second-order valence-corrected chi connectivity index (χ2v) is 7.16. The number of benzene rings is 1. The van der Waals surface area contributed by atoms with Gasteiger partial charge >= 0.3 is 0 Å². The van der Waals surface area contributed by atoms with E-state index in [1.165, 1.54) is 0 Å². The van der Waals surface area contributed by atoms with Crippen LogP contribution in [0.2, 0.25) is 0 Å². The largest absolute Gasteiger partial charge is 0.344 e. The molecule has 6 nitrogen and oxygen atoms in total. The fraction of sp³-hybridized carbons (Fsp3) is 0.500. The van der Waals surface area contributed by atoms with Crippen molar-refractivity contribution in [2.75, 3.05) is 13.6 Å². The van der Waals surface area contributed by atoms with Crippen molar-refractivity contribution in [1.29, 1.82) is 0 Å². The highest BCUT2D eigenvalue weighted by atomic mass is 32.2. The van der Waals surface area contributed by atoms with Crippen molar-refractivity contribution in [2.45, 2.75) is 31.2 Å². The molecule has 21 heavy (non-hydrogen) atoms. The van der Waals surface area contributed by atoms with Gasteiger partial charge in [-0.05, 0) is 17.5 Å². The van der Waals surface area contributed by atoms with E-state index in [9.17, 15) is 13.2 Å². The normalized spacial score (nSPS) is 19.8. The molecule has 1 atom stereocenters. The van der Waals surface area contributed by atoms with Gasteiger partial charge in [0.15, 0.2) is 0 Å². The molecule has 7 heteroatoms. The lowest BCUT2D eigenvalue weighted by molar-refractivity contribution is -0.132. The van der Waals surface area contributed by atoms with Gasteiger partial charge in [-0.15, -0.1) is 0 Å². The first-order chi connectivity index (χ1) is 9.89. The van der Waals surface area contributed by atoms with Crippen LogP contribution in [-0.2, 0) is 27.1 Å². The summed E-state index contributed by atoms with van der Waals surface area (Å²) in [6.45, 7) is 0.803. The second kappa shape index (κ2) is 6.55. The molecule has 0 radical (unpaired) electrons. The third-order valence-corrected chi connectivity index (χ3v) is 4.96. The van der Waals surface area contributed by atoms with Gasteiger partial charge in [-0.1, -0.05) is 24.3 Å². The number of sulfonamides is 1. The first-order valence-corrected chi connectivity index (χ1v) is 8.57. The Kier molecular flexibility index (Phi) is 4.97. The molecule has 2 rings (SSSR count). The van der Waals surface area contributed by atoms with Crippen molar-refractivity contribution in [3.63, 3.8) is 0 Å². The Balaban J connectivity index is 2.00. The average molecular weight is 311 g/mol. The standard InChI is InChI=1S/C14H21N3O3S/c1-17-9-13(5-6-14(17)18)16-21(19,20)10-12-4-2-3-11(7-12)8-15/h2-4,7,13,16H,5-6,8-10,15H2,1H3. The molecule has 116 valence electrons. The molecule has 1 saturated heterocycles. The van der Waals surface area contributed by atoms with Crippen molar-refractivity contribution < 1.29 is 13.2 Å². The number of amides is 1. The first kappa shape index (κ1) is 15.9. The van der Waals surface area contributed by atoms with Gasteiger partial charge in [0.05, 0.1) is 5.75 Å². The van der Waals surface area contributed by atoms with E-state index < -0.39 is 10.0 Å². The number of hydrogen-bond donors (Lipinski definition) is 2. The number of likely N-dealkylation sites (N-methyl/N-ethyl adjacent to an activating group) is 1. The highest BCUT2D eigenvalue weighted by Gasteiger charge is 2.26. The van der Waals surface area contributed by atoms with Gasteiger partial charge in [-0.2, -0.15) is 0 Å². The Morgan fingerprint density at radius 2 is 2.10 bits per heavy atom. The molecule has 1 fully saturated rings. The summed E-state index contributed by atoms with van der Waals surface area (Å²) < 4.78 is 27.1. The maximum Gasteiger partial charge on any atom is 0.222 e. The van der Waals surface area contributed by atoms with Crippen LogP contribution in [0.1, 0.15) is 24.0 Å². The molecular weight excluding hydrogens is 290 g/mol. The molecule has 0 aliphatic carbocycles. The fourth-order valence-corrected chi connectivity index (χ4v) is 3.87. The van der Waals surface area contributed by atoms with Crippen molar-refractivity contribution in [1.82, 2.24) is 9.62 Å². The number of rotatable bonds is 5.